The van der Waals surface area contributed by atoms with Crippen molar-refractivity contribution < 1.29 is 0 Å². The van der Waals surface area contributed by atoms with E-state index in [-0.39, 0.29) is 0 Å². The van der Waals surface area contributed by atoms with Crippen LogP contribution in [0.25, 0.3) is 0 Å². The van der Waals surface area contributed by atoms with E-state index < -0.39 is 0 Å². The maximum atomic E-state index is 4.14. The number of hydrogen-bond donors (Lipinski definition) is 1. The summed E-state index contributed by atoms with van der Waals surface area (Å²) in [4.78, 5) is 8.02. The van der Waals surface area contributed by atoms with E-state index in [1.165, 1.54) is 5.56 Å². The number of benzene rings is 1. The predicted molar refractivity (Wildman–Crippen MR) is 66.7 cm³/mol. The number of nitrogens with one attached hydrogen (secondary N) is 1. The van der Waals surface area contributed by atoms with E-state index in [9.17, 15) is 0 Å². The van der Waals surface area contributed by atoms with Gasteiger partial charge in [0, 0.05) is 23.8 Å². The fourth-order valence-corrected chi connectivity index (χ4v) is 1.85. The van der Waals surface area contributed by atoms with Gasteiger partial charge in [-0.1, -0.05) is 28.1 Å². The molecule has 2 rings (SSSR count). The molecule has 0 unspecified atom stereocenters. The Balaban J connectivity index is 1.85. The molecule has 0 saturated carbocycles. The summed E-state index contributed by atoms with van der Waals surface area (Å²) in [5, 5.41) is 3.33. The van der Waals surface area contributed by atoms with Gasteiger partial charge in [-0.05, 0) is 23.8 Å². The number of halogens is 1. The Morgan fingerprint density at radius 1 is 1.19 bits per heavy atom. The number of aromatic nitrogens is 2. The molecule has 1 aromatic heterocycles. The molecule has 0 aliphatic carbocycles. The highest BCUT2D eigenvalue weighted by molar-refractivity contribution is 9.10. The molecule has 16 heavy (non-hydrogen) atoms. The summed E-state index contributed by atoms with van der Waals surface area (Å²) in [6, 6.07) is 10.2. The lowest BCUT2D eigenvalue weighted by atomic mass is 10.2. The van der Waals surface area contributed by atoms with Crippen LogP contribution in [-0.2, 0) is 13.1 Å². The standard InChI is InChI=1S/C12H12BrN3/c13-11-3-1-2-10(6-11)7-15-8-12-4-5-14-9-16-12/h1-6,9,15H,7-8H2. The van der Waals surface area contributed by atoms with Crippen molar-refractivity contribution in [2.75, 3.05) is 0 Å². The lowest BCUT2D eigenvalue weighted by molar-refractivity contribution is 0.677. The summed E-state index contributed by atoms with van der Waals surface area (Å²) >= 11 is 3.45. The fourth-order valence-electron chi connectivity index (χ4n) is 1.40. The van der Waals surface area contributed by atoms with Gasteiger partial charge in [0.05, 0.1) is 5.69 Å². The van der Waals surface area contributed by atoms with E-state index in [0.717, 1.165) is 23.3 Å². The highest BCUT2D eigenvalue weighted by atomic mass is 79.9. The number of nitrogens with zero attached hydrogens (tertiary/aromatic N) is 2. The molecule has 0 spiro atoms. The van der Waals surface area contributed by atoms with Crippen LogP contribution in [0, 0.1) is 0 Å². The molecule has 4 heteroatoms. The molecule has 0 aliphatic rings. The Hall–Kier alpha value is -1.26. The number of hydrogen-bond acceptors (Lipinski definition) is 3. The van der Waals surface area contributed by atoms with Gasteiger partial charge in [0.1, 0.15) is 6.33 Å². The van der Waals surface area contributed by atoms with Gasteiger partial charge in [-0.3, -0.25) is 0 Å². The molecule has 3 nitrogen and oxygen atoms in total. The average Bonchev–Trinajstić information content (AvgIpc) is 2.30. The summed E-state index contributed by atoms with van der Waals surface area (Å²) in [5.74, 6) is 0. The fraction of sp³-hybridized carbons (Fsp3) is 0.167. The molecule has 0 fully saturated rings. The van der Waals surface area contributed by atoms with Crippen molar-refractivity contribution in [2.24, 2.45) is 0 Å². The zero-order valence-corrected chi connectivity index (χ0v) is 10.3. The van der Waals surface area contributed by atoms with Crippen LogP contribution in [0.1, 0.15) is 11.3 Å². The van der Waals surface area contributed by atoms with E-state index in [1.807, 2.05) is 18.2 Å². The van der Waals surface area contributed by atoms with Crippen molar-refractivity contribution in [3.8, 4) is 0 Å². The van der Waals surface area contributed by atoms with Crippen molar-refractivity contribution in [1.82, 2.24) is 15.3 Å². The van der Waals surface area contributed by atoms with Gasteiger partial charge >= 0.3 is 0 Å². The highest BCUT2D eigenvalue weighted by Crippen LogP contribution is 2.11. The van der Waals surface area contributed by atoms with E-state index >= 15 is 0 Å². The van der Waals surface area contributed by atoms with Crippen molar-refractivity contribution in [3.63, 3.8) is 0 Å². The quantitative estimate of drug-likeness (QED) is 0.933. The van der Waals surface area contributed by atoms with Crippen LogP contribution < -0.4 is 5.32 Å². The first-order valence-corrected chi connectivity index (χ1v) is 5.84. The molecule has 82 valence electrons. The first-order valence-electron chi connectivity index (χ1n) is 5.04. The third-order valence-electron chi connectivity index (χ3n) is 2.17. The van der Waals surface area contributed by atoms with Crippen LogP contribution in [0.2, 0.25) is 0 Å². The minimum atomic E-state index is 0.759. The third-order valence-corrected chi connectivity index (χ3v) is 2.66. The van der Waals surface area contributed by atoms with Crippen LogP contribution in [0.5, 0.6) is 0 Å². The van der Waals surface area contributed by atoms with Crippen LogP contribution in [0.3, 0.4) is 0 Å². The van der Waals surface area contributed by atoms with Crippen molar-refractivity contribution in [2.45, 2.75) is 13.1 Å². The van der Waals surface area contributed by atoms with Crippen LogP contribution in [0.4, 0.5) is 0 Å². The second-order valence-electron chi connectivity index (χ2n) is 3.43. The second-order valence-corrected chi connectivity index (χ2v) is 4.35. The lowest BCUT2D eigenvalue weighted by Gasteiger charge is -2.04. The summed E-state index contributed by atoms with van der Waals surface area (Å²) in [5.41, 5.74) is 2.26. The topological polar surface area (TPSA) is 37.8 Å². The molecule has 0 bridgehead atoms. The molecule has 0 radical (unpaired) electrons. The van der Waals surface area contributed by atoms with Gasteiger partial charge in [0.2, 0.25) is 0 Å². The maximum Gasteiger partial charge on any atom is 0.115 e. The molecule has 0 atom stereocenters. The van der Waals surface area contributed by atoms with Crippen LogP contribution in [0.15, 0.2) is 47.3 Å². The van der Waals surface area contributed by atoms with Gasteiger partial charge < -0.3 is 5.32 Å². The molecule has 1 N–H and O–H groups in total. The van der Waals surface area contributed by atoms with E-state index in [1.54, 1.807) is 12.5 Å². The first-order chi connectivity index (χ1) is 7.84. The van der Waals surface area contributed by atoms with E-state index in [4.69, 9.17) is 0 Å². The Morgan fingerprint density at radius 3 is 2.88 bits per heavy atom. The Morgan fingerprint density at radius 2 is 2.12 bits per heavy atom. The Kier molecular flexibility index (Phi) is 4.02. The minimum Gasteiger partial charge on any atom is -0.307 e. The zero-order valence-electron chi connectivity index (χ0n) is 8.73. The Labute approximate surface area is 103 Å². The van der Waals surface area contributed by atoms with Gasteiger partial charge in [-0.15, -0.1) is 0 Å². The largest absolute Gasteiger partial charge is 0.307 e. The minimum absolute atomic E-state index is 0.759. The van der Waals surface area contributed by atoms with Gasteiger partial charge in [-0.25, -0.2) is 9.97 Å². The highest BCUT2D eigenvalue weighted by Gasteiger charge is 1.95. The van der Waals surface area contributed by atoms with Crippen molar-refractivity contribution in [3.05, 3.63) is 58.6 Å². The second kappa shape index (κ2) is 5.72. The average molecular weight is 278 g/mol. The van der Waals surface area contributed by atoms with Gasteiger partial charge in [0.15, 0.2) is 0 Å². The normalized spacial score (nSPS) is 10.3. The molecule has 0 amide bonds. The summed E-state index contributed by atoms with van der Waals surface area (Å²) in [7, 11) is 0. The Bertz CT molecular complexity index is 445. The molecule has 0 aliphatic heterocycles. The lowest BCUT2D eigenvalue weighted by Crippen LogP contribution is -2.13. The zero-order chi connectivity index (χ0) is 11.2. The molecule has 0 saturated heterocycles. The summed E-state index contributed by atoms with van der Waals surface area (Å²) in [6.45, 7) is 1.60. The first kappa shape index (κ1) is 11.2. The molecule has 1 aromatic carbocycles. The van der Waals surface area contributed by atoms with Crippen LogP contribution >= 0.6 is 15.9 Å². The molecule has 2 aromatic rings. The summed E-state index contributed by atoms with van der Waals surface area (Å²) < 4.78 is 1.11. The smallest absolute Gasteiger partial charge is 0.115 e. The maximum absolute atomic E-state index is 4.14. The van der Waals surface area contributed by atoms with Gasteiger partial charge in [0.25, 0.3) is 0 Å². The predicted octanol–water partition coefficient (Wildman–Crippen LogP) is 2.53. The van der Waals surface area contributed by atoms with Gasteiger partial charge in [-0.2, -0.15) is 0 Å². The van der Waals surface area contributed by atoms with Crippen molar-refractivity contribution >= 4 is 15.9 Å². The SMILES string of the molecule is Brc1cccc(CNCc2ccncn2)c1. The third kappa shape index (κ3) is 3.40. The monoisotopic (exact) mass is 277 g/mol. The van der Waals surface area contributed by atoms with E-state index in [2.05, 4.69) is 43.3 Å². The van der Waals surface area contributed by atoms with Crippen molar-refractivity contribution in [1.29, 1.82) is 0 Å². The van der Waals surface area contributed by atoms with E-state index in [0.29, 0.717) is 0 Å². The summed E-state index contributed by atoms with van der Waals surface area (Å²) in [6.07, 6.45) is 3.32. The molecular weight excluding hydrogens is 266 g/mol. The van der Waals surface area contributed by atoms with Crippen LogP contribution in [-0.4, -0.2) is 9.97 Å². The molecular formula is C12H12BrN3. The molecule has 1 heterocycles. The number of rotatable bonds is 4.